The lowest BCUT2D eigenvalue weighted by atomic mass is 10.2. The second-order valence-corrected chi connectivity index (χ2v) is 8.75. The highest BCUT2D eigenvalue weighted by molar-refractivity contribution is 9.10. The Morgan fingerprint density at radius 1 is 1.10 bits per heavy atom. The Kier molecular flexibility index (Phi) is 6.86. The lowest BCUT2D eigenvalue weighted by Gasteiger charge is -2.11. The van der Waals surface area contributed by atoms with Crippen LogP contribution in [0.2, 0.25) is 0 Å². The number of amides is 1. The molecular formula is C20H20BrN3O4S. The molecule has 0 radical (unpaired) electrons. The van der Waals surface area contributed by atoms with Gasteiger partial charge < -0.3 is 14.6 Å². The van der Waals surface area contributed by atoms with Crippen LogP contribution < -0.4 is 10.0 Å². The van der Waals surface area contributed by atoms with E-state index >= 15 is 0 Å². The summed E-state index contributed by atoms with van der Waals surface area (Å²) in [6.07, 6.45) is 3.81. The lowest BCUT2D eigenvalue weighted by Crippen LogP contribution is -2.27. The van der Waals surface area contributed by atoms with Crippen molar-refractivity contribution >= 4 is 37.5 Å². The zero-order chi connectivity index (χ0) is 20.9. The Balaban J connectivity index is 1.82. The van der Waals surface area contributed by atoms with Gasteiger partial charge in [0.05, 0.1) is 17.1 Å². The number of aromatic nitrogens is 1. The summed E-state index contributed by atoms with van der Waals surface area (Å²) in [6.45, 7) is 0.392. The van der Waals surface area contributed by atoms with Crippen LogP contribution in [0.4, 0.5) is 5.69 Å². The highest BCUT2D eigenvalue weighted by Gasteiger charge is 2.18. The molecule has 0 fully saturated rings. The Bertz CT molecular complexity index is 1100. The van der Waals surface area contributed by atoms with Gasteiger partial charge in [-0.15, -0.1) is 0 Å². The van der Waals surface area contributed by atoms with Gasteiger partial charge in [0.1, 0.15) is 0 Å². The number of sulfonamides is 1. The van der Waals surface area contributed by atoms with E-state index in [4.69, 9.17) is 4.74 Å². The number of benzene rings is 2. The highest BCUT2D eigenvalue weighted by atomic mass is 79.9. The standard InChI is InChI=1S/C20H20BrN3O4S/c1-28-12-9-22-29(26,27)17-7-8-19(21)18(14-17)20(25)23-15-5-4-6-16(13-15)24-10-2-3-11-24/h2-8,10-11,13-14,22H,9,12H2,1H3,(H,23,25). The number of rotatable bonds is 8. The number of hydrogen-bond donors (Lipinski definition) is 2. The van der Waals surface area contributed by atoms with Crippen LogP contribution >= 0.6 is 15.9 Å². The minimum absolute atomic E-state index is 0.00282. The molecule has 3 aromatic rings. The van der Waals surface area contributed by atoms with E-state index in [1.54, 1.807) is 6.07 Å². The summed E-state index contributed by atoms with van der Waals surface area (Å²) in [5, 5.41) is 2.81. The summed E-state index contributed by atoms with van der Waals surface area (Å²) in [5.41, 5.74) is 1.70. The van der Waals surface area contributed by atoms with Crippen molar-refractivity contribution < 1.29 is 17.9 Å². The maximum Gasteiger partial charge on any atom is 0.256 e. The molecule has 0 saturated carbocycles. The smallest absolute Gasteiger partial charge is 0.256 e. The van der Waals surface area contributed by atoms with E-state index in [1.165, 1.54) is 25.3 Å². The zero-order valence-electron chi connectivity index (χ0n) is 15.6. The van der Waals surface area contributed by atoms with Crippen LogP contribution in [0.3, 0.4) is 0 Å². The van der Waals surface area contributed by atoms with Crippen molar-refractivity contribution in [2.45, 2.75) is 4.90 Å². The summed E-state index contributed by atoms with van der Waals surface area (Å²) >= 11 is 3.32. The van der Waals surface area contributed by atoms with Gasteiger partial charge in [-0.1, -0.05) is 6.07 Å². The molecule has 0 spiro atoms. The monoisotopic (exact) mass is 477 g/mol. The molecule has 0 aliphatic carbocycles. The number of carbonyl (C=O) groups excluding carboxylic acids is 1. The summed E-state index contributed by atoms with van der Waals surface area (Å²) < 4.78 is 34.5. The second-order valence-electron chi connectivity index (χ2n) is 6.13. The van der Waals surface area contributed by atoms with Crippen LogP contribution in [-0.2, 0) is 14.8 Å². The van der Waals surface area contributed by atoms with Crippen LogP contribution in [0.15, 0.2) is 76.4 Å². The van der Waals surface area contributed by atoms with Crippen molar-refractivity contribution in [1.82, 2.24) is 9.29 Å². The normalized spacial score (nSPS) is 11.4. The maximum absolute atomic E-state index is 12.8. The van der Waals surface area contributed by atoms with Crippen molar-refractivity contribution in [3.05, 3.63) is 77.0 Å². The molecule has 0 atom stereocenters. The number of nitrogens with one attached hydrogen (secondary N) is 2. The van der Waals surface area contributed by atoms with E-state index in [9.17, 15) is 13.2 Å². The van der Waals surface area contributed by atoms with E-state index < -0.39 is 15.9 Å². The number of hydrogen-bond acceptors (Lipinski definition) is 4. The molecular weight excluding hydrogens is 458 g/mol. The van der Waals surface area contributed by atoms with Gasteiger partial charge in [0.15, 0.2) is 0 Å². The molecule has 1 aromatic heterocycles. The molecule has 1 amide bonds. The number of methoxy groups -OCH3 is 1. The third-order valence-corrected chi connectivity index (χ3v) is 6.25. The molecule has 152 valence electrons. The average Bonchev–Trinajstić information content (AvgIpc) is 3.23. The van der Waals surface area contributed by atoms with Crippen molar-refractivity contribution in [3.63, 3.8) is 0 Å². The molecule has 1 heterocycles. The molecule has 0 bridgehead atoms. The Morgan fingerprint density at radius 3 is 2.59 bits per heavy atom. The van der Waals surface area contributed by atoms with Crippen molar-refractivity contribution in [1.29, 1.82) is 0 Å². The molecule has 0 aliphatic heterocycles. The Morgan fingerprint density at radius 2 is 1.86 bits per heavy atom. The number of carbonyl (C=O) groups is 1. The first kappa shape index (κ1) is 21.3. The zero-order valence-corrected chi connectivity index (χ0v) is 18.0. The maximum atomic E-state index is 12.8. The molecule has 0 unspecified atom stereocenters. The van der Waals surface area contributed by atoms with Crippen LogP contribution in [-0.4, -0.2) is 39.2 Å². The predicted molar refractivity (Wildman–Crippen MR) is 115 cm³/mol. The van der Waals surface area contributed by atoms with Gasteiger partial charge in [0.2, 0.25) is 10.0 Å². The van der Waals surface area contributed by atoms with Crippen molar-refractivity contribution in [2.75, 3.05) is 25.6 Å². The van der Waals surface area contributed by atoms with E-state index in [0.717, 1.165) is 5.69 Å². The van der Waals surface area contributed by atoms with Crippen LogP contribution in [0.5, 0.6) is 0 Å². The quantitative estimate of drug-likeness (QED) is 0.486. The van der Waals surface area contributed by atoms with Gasteiger partial charge in [-0.05, 0) is 64.5 Å². The molecule has 0 saturated heterocycles. The fourth-order valence-electron chi connectivity index (χ4n) is 2.66. The van der Waals surface area contributed by atoms with E-state index in [1.807, 2.05) is 47.3 Å². The summed E-state index contributed by atoms with van der Waals surface area (Å²) in [4.78, 5) is 12.8. The largest absolute Gasteiger partial charge is 0.383 e. The number of nitrogens with zero attached hydrogens (tertiary/aromatic N) is 1. The van der Waals surface area contributed by atoms with Gasteiger partial charge in [-0.25, -0.2) is 13.1 Å². The first-order valence-electron chi connectivity index (χ1n) is 8.73. The molecule has 2 aromatic carbocycles. The fourth-order valence-corrected chi connectivity index (χ4v) is 4.12. The van der Waals surface area contributed by atoms with E-state index in [2.05, 4.69) is 26.0 Å². The number of ether oxygens (including phenoxy) is 1. The number of halogens is 1. The summed E-state index contributed by atoms with van der Waals surface area (Å²) in [6, 6.07) is 15.5. The minimum atomic E-state index is -3.75. The molecule has 3 rings (SSSR count). The fraction of sp³-hybridized carbons (Fsp3) is 0.150. The molecule has 0 aliphatic rings. The first-order valence-corrected chi connectivity index (χ1v) is 11.0. The van der Waals surface area contributed by atoms with Gasteiger partial charge in [-0.3, -0.25) is 4.79 Å². The number of anilines is 1. The van der Waals surface area contributed by atoms with Crippen molar-refractivity contribution in [2.24, 2.45) is 0 Å². The SMILES string of the molecule is COCCNS(=O)(=O)c1ccc(Br)c(C(=O)Nc2cccc(-n3cccc3)c2)c1. The molecule has 9 heteroatoms. The summed E-state index contributed by atoms with van der Waals surface area (Å²) in [7, 11) is -2.26. The van der Waals surface area contributed by atoms with Gasteiger partial charge in [0.25, 0.3) is 5.91 Å². The van der Waals surface area contributed by atoms with Crippen molar-refractivity contribution in [3.8, 4) is 5.69 Å². The van der Waals surface area contributed by atoms with Crippen LogP contribution in [0, 0.1) is 0 Å². The highest BCUT2D eigenvalue weighted by Crippen LogP contribution is 2.23. The van der Waals surface area contributed by atoms with Gasteiger partial charge in [-0.2, -0.15) is 0 Å². The van der Waals surface area contributed by atoms with E-state index in [-0.39, 0.29) is 23.6 Å². The Hall–Kier alpha value is -2.46. The topological polar surface area (TPSA) is 89.4 Å². The van der Waals surface area contributed by atoms with E-state index in [0.29, 0.717) is 10.2 Å². The average molecular weight is 478 g/mol. The minimum Gasteiger partial charge on any atom is -0.383 e. The second kappa shape index (κ2) is 9.36. The molecule has 7 nitrogen and oxygen atoms in total. The van der Waals surface area contributed by atoms with Gasteiger partial charge >= 0.3 is 0 Å². The third kappa shape index (κ3) is 5.33. The summed E-state index contributed by atoms with van der Waals surface area (Å²) in [5.74, 6) is -0.421. The Labute approximate surface area is 177 Å². The van der Waals surface area contributed by atoms with Crippen LogP contribution in [0.1, 0.15) is 10.4 Å². The van der Waals surface area contributed by atoms with Gasteiger partial charge in [0, 0.05) is 41.9 Å². The molecule has 2 N–H and O–H groups in total. The van der Waals surface area contributed by atoms with Crippen LogP contribution in [0.25, 0.3) is 5.69 Å². The predicted octanol–water partition coefficient (Wildman–Crippen LogP) is 3.42. The first-order chi connectivity index (χ1) is 13.9. The molecule has 29 heavy (non-hydrogen) atoms. The lowest BCUT2D eigenvalue weighted by molar-refractivity contribution is 0.102. The third-order valence-electron chi connectivity index (χ3n) is 4.10.